The summed E-state index contributed by atoms with van der Waals surface area (Å²) < 4.78 is 11.6. The molecule has 3 atom stereocenters. The molecule has 5 heteroatoms. The Morgan fingerprint density at radius 1 is 1.48 bits per heavy atom. The molecule has 1 saturated heterocycles. The van der Waals surface area contributed by atoms with Crippen molar-refractivity contribution >= 4 is 5.91 Å². The van der Waals surface area contributed by atoms with Crippen LogP contribution in [0.5, 0.6) is 0 Å². The minimum atomic E-state index is -0.748. The molecule has 0 aromatic heterocycles. The van der Waals surface area contributed by atoms with E-state index in [9.17, 15) is 9.90 Å². The zero-order valence-corrected chi connectivity index (χ0v) is 12.5. The standard InChI is InChI=1S/C16H25NO4/c1-2-9-20-13-5-4-12-15(13)21-10-8-17(12)14(18)11-16(19)6-3-7-16/h2,12-13,15,19H,1,3-11H2/t12-,13+,15+/m0/s1. The maximum atomic E-state index is 12.5. The monoisotopic (exact) mass is 295 g/mol. The number of morpholine rings is 1. The van der Waals surface area contributed by atoms with Gasteiger partial charge >= 0.3 is 0 Å². The van der Waals surface area contributed by atoms with Gasteiger partial charge in [0.1, 0.15) is 6.10 Å². The molecule has 0 radical (unpaired) electrons. The predicted octanol–water partition coefficient (Wildman–Crippen LogP) is 1.25. The highest BCUT2D eigenvalue weighted by Crippen LogP contribution is 2.37. The maximum Gasteiger partial charge on any atom is 0.225 e. The van der Waals surface area contributed by atoms with Crippen LogP contribution in [-0.2, 0) is 14.3 Å². The third kappa shape index (κ3) is 3.00. The summed E-state index contributed by atoms with van der Waals surface area (Å²) in [7, 11) is 0. The predicted molar refractivity (Wildman–Crippen MR) is 77.8 cm³/mol. The number of aliphatic hydroxyl groups is 1. The largest absolute Gasteiger partial charge is 0.389 e. The van der Waals surface area contributed by atoms with E-state index in [1.165, 1.54) is 0 Å². The minimum Gasteiger partial charge on any atom is -0.389 e. The molecule has 1 aliphatic heterocycles. The Hall–Kier alpha value is -0.910. The molecule has 2 saturated carbocycles. The SMILES string of the molecule is C=CCO[C@@H]1CC[C@H]2[C@H]1OCCN2C(=O)CC1(O)CCC1. The Bertz CT molecular complexity index is 407. The normalized spacial score (nSPS) is 34.1. The molecule has 3 aliphatic rings. The zero-order chi connectivity index (χ0) is 14.9. The van der Waals surface area contributed by atoms with Gasteiger partial charge in [-0.3, -0.25) is 4.79 Å². The van der Waals surface area contributed by atoms with Crippen LogP contribution in [0.1, 0.15) is 38.5 Å². The van der Waals surface area contributed by atoms with Crippen molar-refractivity contribution in [1.29, 1.82) is 0 Å². The molecule has 1 amide bonds. The van der Waals surface area contributed by atoms with Gasteiger partial charge in [-0.1, -0.05) is 6.08 Å². The lowest BCUT2D eigenvalue weighted by Crippen LogP contribution is -2.55. The molecule has 0 unspecified atom stereocenters. The van der Waals surface area contributed by atoms with Crippen LogP contribution in [-0.4, -0.2) is 59.5 Å². The van der Waals surface area contributed by atoms with E-state index in [0.717, 1.165) is 32.1 Å². The first-order valence-corrected chi connectivity index (χ1v) is 7.99. The van der Waals surface area contributed by atoms with E-state index >= 15 is 0 Å². The van der Waals surface area contributed by atoms with E-state index in [1.807, 2.05) is 4.90 Å². The van der Waals surface area contributed by atoms with Crippen molar-refractivity contribution < 1.29 is 19.4 Å². The van der Waals surface area contributed by atoms with Gasteiger partial charge in [0, 0.05) is 6.54 Å². The van der Waals surface area contributed by atoms with Crippen LogP contribution < -0.4 is 0 Å². The summed E-state index contributed by atoms with van der Waals surface area (Å²) >= 11 is 0. The lowest BCUT2D eigenvalue weighted by molar-refractivity contribution is -0.158. The van der Waals surface area contributed by atoms with Crippen LogP contribution in [0.25, 0.3) is 0 Å². The van der Waals surface area contributed by atoms with Crippen LogP contribution in [0.15, 0.2) is 12.7 Å². The molecule has 0 bridgehead atoms. The van der Waals surface area contributed by atoms with E-state index in [1.54, 1.807) is 6.08 Å². The average Bonchev–Trinajstić information content (AvgIpc) is 2.86. The molecule has 21 heavy (non-hydrogen) atoms. The van der Waals surface area contributed by atoms with E-state index in [-0.39, 0.29) is 30.6 Å². The number of carbonyl (C=O) groups excluding carboxylic acids is 1. The van der Waals surface area contributed by atoms with Crippen LogP contribution in [0.2, 0.25) is 0 Å². The second-order valence-electron chi connectivity index (χ2n) is 6.48. The third-order valence-corrected chi connectivity index (χ3v) is 5.05. The molecule has 0 aromatic rings. The van der Waals surface area contributed by atoms with Gasteiger partial charge in [-0.2, -0.15) is 0 Å². The van der Waals surface area contributed by atoms with Crippen molar-refractivity contribution in [3.05, 3.63) is 12.7 Å². The fourth-order valence-corrected chi connectivity index (χ4v) is 3.74. The average molecular weight is 295 g/mol. The fourth-order valence-electron chi connectivity index (χ4n) is 3.74. The maximum absolute atomic E-state index is 12.5. The number of rotatable bonds is 5. The molecule has 0 aromatic carbocycles. The summed E-state index contributed by atoms with van der Waals surface area (Å²) in [4.78, 5) is 14.4. The topological polar surface area (TPSA) is 59.0 Å². The summed E-state index contributed by atoms with van der Waals surface area (Å²) in [6, 6.07) is 0.102. The minimum absolute atomic E-state index is 0.0290. The Morgan fingerprint density at radius 3 is 2.95 bits per heavy atom. The van der Waals surface area contributed by atoms with Gasteiger partial charge in [-0.05, 0) is 32.1 Å². The molecule has 5 nitrogen and oxygen atoms in total. The van der Waals surface area contributed by atoms with Crippen molar-refractivity contribution in [3.63, 3.8) is 0 Å². The molecule has 0 spiro atoms. The first kappa shape index (κ1) is 15.0. The summed E-state index contributed by atoms with van der Waals surface area (Å²) in [6.07, 6.45) is 6.38. The zero-order valence-electron chi connectivity index (χ0n) is 12.5. The molecule has 2 aliphatic carbocycles. The summed E-state index contributed by atoms with van der Waals surface area (Å²) in [5.74, 6) is 0.0693. The summed E-state index contributed by atoms with van der Waals surface area (Å²) in [6.45, 7) is 5.37. The smallest absolute Gasteiger partial charge is 0.225 e. The first-order valence-electron chi connectivity index (χ1n) is 7.99. The number of hydrogen-bond acceptors (Lipinski definition) is 4. The van der Waals surface area contributed by atoms with Crippen molar-refractivity contribution in [2.45, 2.75) is 62.4 Å². The number of ether oxygens (including phenoxy) is 2. The highest BCUT2D eigenvalue weighted by atomic mass is 16.5. The molecular formula is C16H25NO4. The number of carbonyl (C=O) groups is 1. The Morgan fingerprint density at radius 2 is 2.29 bits per heavy atom. The van der Waals surface area contributed by atoms with Crippen LogP contribution in [0.3, 0.4) is 0 Å². The Kier molecular flexibility index (Phi) is 4.33. The van der Waals surface area contributed by atoms with Crippen LogP contribution in [0.4, 0.5) is 0 Å². The highest BCUT2D eigenvalue weighted by molar-refractivity contribution is 5.78. The van der Waals surface area contributed by atoms with E-state index < -0.39 is 5.60 Å². The van der Waals surface area contributed by atoms with Gasteiger partial charge in [0.25, 0.3) is 0 Å². The van der Waals surface area contributed by atoms with E-state index in [2.05, 4.69) is 6.58 Å². The Balaban J connectivity index is 1.61. The van der Waals surface area contributed by atoms with Gasteiger partial charge in [-0.15, -0.1) is 6.58 Å². The van der Waals surface area contributed by atoms with Gasteiger partial charge in [0.15, 0.2) is 0 Å². The van der Waals surface area contributed by atoms with Crippen LogP contribution in [0, 0.1) is 0 Å². The number of nitrogens with zero attached hydrogens (tertiary/aromatic N) is 1. The second kappa shape index (κ2) is 6.07. The third-order valence-electron chi connectivity index (χ3n) is 5.05. The van der Waals surface area contributed by atoms with E-state index in [0.29, 0.717) is 19.8 Å². The van der Waals surface area contributed by atoms with Crippen molar-refractivity contribution in [1.82, 2.24) is 4.90 Å². The van der Waals surface area contributed by atoms with Crippen molar-refractivity contribution in [2.75, 3.05) is 19.8 Å². The van der Waals surface area contributed by atoms with Crippen molar-refractivity contribution in [2.24, 2.45) is 0 Å². The number of amides is 1. The molecule has 118 valence electrons. The molecular weight excluding hydrogens is 270 g/mol. The molecule has 3 fully saturated rings. The van der Waals surface area contributed by atoms with Gasteiger partial charge < -0.3 is 19.5 Å². The van der Waals surface area contributed by atoms with Gasteiger partial charge in [-0.25, -0.2) is 0 Å². The number of fused-ring (bicyclic) bond motifs is 1. The number of hydrogen-bond donors (Lipinski definition) is 1. The first-order chi connectivity index (χ1) is 10.1. The van der Waals surface area contributed by atoms with E-state index in [4.69, 9.17) is 9.47 Å². The molecule has 1 N–H and O–H groups in total. The Labute approximate surface area is 125 Å². The van der Waals surface area contributed by atoms with Gasteiger partial charge in [0.05, 0.1) is 37.4 Å². The summed E-state index contributed by atoms with van der Waals surface area (Å²) in [5.41, 5.74) is -0.748. The second-order valence-corrected chi connectivity index (χ2v) is 6.48. The lowest BCUT2D eigenvalue weighted by Gasteiger charge is -2.42. The molecule has 1 heterocycles. The molecule has 3 rings (SSSR count). The van der Waals surface area contributed by atoms with Crippen molar-refractivity contribution in [3.8, 4) is 0 Å². The van der Waals surface area contributed by atoms with Crippen LogP contribution >= 0.6 is 0 Å². The quantitative estimate of drug-likeness (QED) is 0.776. The lowest BCUT2D eigenvalue weighted by atomic mass is 9.77. The highest BCUT2D eigenvalue weighted by Gasteiger charge is 2.46. The fraction of sp³-hybridized carbons (Fsp3) is 0.812. The summed E-state index contributed by atoms with van der Waals surface area (Å²) in [5, 5.41) is 10.2. The van der Waals surface area contributed by atoms with Gasteiger partial charge in [0.2, 0.25) is 5.91 Å².